The Kier molecular flexibility index (Phi) is 5.53. The van der Waals surface area contributed by atoms with Crippen LogP contribution in [0.25, 0.3) is 10.2 Å². The van der Waals surface area contributed by atoms with Crippen LogP contribution in [-0.2, 0) is 24.2 Å². The van der Waals surface area contributed by atoms with E-state index in [0.717, 1.165) is 35.9 Å². The van der Waals surface area contributed by atoms with Crippen molar-refractivity contribution in [1.29, 1.82) is 0 Å². The first kappa shape index (κ1) is 18.5. The average Bonchev–Trinajstić information content (AvgIpc) is 2.89. The minimum atomic E-state index is -0.394. The molecular weight excluding hydrogens is 354 g/mol. The molecule has 0 saturated carbocycles. The first-order valence-electron chi connectivity index (χ1n) is 8.83. The quantitative estimate of drug-likeness (QED) is 0.617. The summed E-state index contributed by atoms with van der Waals surface area (Å²) < 4.78 is 1.75. The summed E-state index contributed by atoms with van der Waals surface area (Å²) in [6.07, 6.45) is 4.03. The molecule has 2 N–H and O–H groups in total. The van der Waals surface area contributed by atoms with Crippen molar-refractivity contribution in [2.45, 2.75) is 58.2 Å². The summed E-state index contributed by atoms with van der Waals surface area (Å²) >= 11 is 2.91. The molecule has 1 amide bonds. The van der Waals surface area contributed by atoms with Crippen LogP contribution in [0, 0.1) is 11.8 Å². The number of hydrogen-bond donors (Lipinski definition) is 1. The van der Waals surface area contributed by atoms with Crippen LogP contribution < -0.4 is 11.3 Å². The Labute approximate surface area is 156 Å². The number of fused-ring (bicyclic) bond motifs is 3. The number of nitrogens with two attached hydrogens (primary N) is 1. The molecule has 1 atom stereocenters. The van der Waals surface area contributed by atoms with Crippen molar-refractivity contribution in [3.8, 4) is 0 Å². The summed E-state index contributed by atoms with van der Waals surface area (Å²) in [6, 6.07) is 0. The van der Waals surface area contributed by atoms with Crippen LogP contribution in [0.3, 0.4) is 0 Å². The topological polar surface area (TPSA) is 78.0 Å². The number of amides is 1. The van der Waals surface area contributed by atoms with Crippen molar-refractivity contribution in [2.75, 3.05) is 5.75 Å². The second kappa shape index (κ2) is 7.50. The summed E-state index contributed by atoms with van der Waals surface area (Å²) in [5, 5.41) is 1.42. The molecule has 2 aromatic rings. The number of carbonyl (C=O) groups is 1. The third-order valence-electron chi connectivity index (χ3n) is 4.65. The SMILES string of the molecule is CC(C)CCn1c(SCC(N)=O)nc2sc3c(c2c1=O)CC[C@H](C)C3. The van der Waals surface area contributed by atoms with Gasteiger partial charge < -0.3 is 5.73 Å². The van der Waals surface area contributed by atoms with E-state index >= 15 is 0 Å². The summed E-state index contributed by atoms with van der Waals surface area (Å²) in [7, 11) is 0. The van der Waals surface area contributed by atoms with Gasteiger partial charge in [0.15, 0.2) is 5.16 Å². The highest BCUT2D eigenvalue weighted by molar-refractivity contribution is 7.99. The lowest BCUT2D eigenvalue weighted by Crippen LogP contribution is -2.25. The Morgan fingerprint density at radius 2 is 2.24 bits per heavy atom. The molecule has 136 valence electrons. The molecule has 5 nitrogen and oxygen atoms in total. The Hall–Kier alpha value is -1.34. The van der Waals surface area contributed by atoms with E-state index in [2.05, 4.69) is 20.8 Å². The van der Waals surface area contributed by atoms with Gasteiger partial charge in [0.25, 0.3) is 5.56 Å². The molecule has 0 spiro atoms. The molecule has 0 radical (unpaired) electrons. The maximum absolute atomic E-state index is 13.2. The summed E-state index contributed by atoms with van der Waals surface area (Å²) in [5.74, 6) is 0.900. The van der Waals surface area contributed by atoms with Crippen LogP contribution in [0.4, 0.5) is 0 Å². The zero-order chi connectivity index (χ0) is 18.1. The molecule has 0 unspecified atom stereocenters. The summed E-state index contributed by atoms with van der Waals surface area (Å²) in [5.41, 5.74) is 6.54. The van der Waals surface area contributed by atoms with Crippen LogP contribution in [0.1, 0.15) is 44.1 Å². The standard InChI is InChI=1S/C18H25N3O2S2/c1-10(2)6-7-21-17(23)15-12-5-4-11(3)8-13(12)25-16(15)20-18(21)24-9-14(19)22/h10-11H,4-9H2,1-3H3,(H2,19,22)/t11-/m0/s1. The molecule has 2 heterocycles. The van der Waals surface area contributed by atoms with Gasteiger partial charge in [-0.25, -0.2) is 4.98 Å². The van der Waals surface area contributed by atoms with Gasteiger partial charge >= 0.3 is 0 Å². The fourth-order valence-corrected chi connectivity index (χ4v) is 5.42. The Morgan fingerprint density at radius 1 is 1.48 bits per heavy atom. The van der Waals surface area contributed by atoms with E-state index in [1.54, 1.807) is 15.9 Å². The zero-order valence-corrected chi connectivity index (χ0v) is 16.6. The largest absolute Gasteiger partial charge is 0.369 e. The summed E-state index contributed by atoms with van der Waals surface area (Å²) in [6.45, 7) is 7.17. The molecule has 1 aliphatic carbocycles. The number of thioether (sulfide) groups is 1. The predicted octanol–water partition coefficient (Wildman–Crippen LogP) is 3.21. The Balaban J connectivity index is 2.10. The number of carbonyl (C=O) groups excluding carboxylic acids is 1. The lowest BCUT2D eigenvalue weighted by molar-refractivity contribution is -0.115. The van der Waals surface area contributed by atoms with Gasteiger partial charge in [-0.3, -0.25) is 14.2 Å². The lowest BCUT2D eigenvalue weighted by atomic mass is 9.89. The molecule has 25 heavy (non-hydrogen) atoms. The van der Waals surface area contributed by atoms with Crippen molar-refractivity contribution >= 4 is 39.2 Å². The molecule has 0 saturated heterocycles. The molecule has 7 heteroatoms. The molecular formula is C18H25N3O2S2. The lowest BCUT2D eigenvalue weighted by Gasteiger charge is -2.18. The van der Waals surface area contributed by atoms with Gasteiger partial charge in [-0.15, -0.1) is 11.3 Å². The fraction of sp³-hybridized carbons (Fsp3) is 0.611. The van der Waals surface area contributed by atoms with E-state index in [4.69, 9.17) is 10.7 Å². The van der Waals surface area contributed by atoms with Gasteiger partial charge in [-0.1, -0.05) is 32.5 Å². The smallest absolute Gasteiger partial charge is 0.263 e. The van der Waals surface area contributed by atoms with Crippen molar-refractivity contribution in [3.05, 3.63) is 20.8 Å². The van der Waals surface area contributed by atoms with Gasteiger partial charge in [0.2, 0.25) is 5.91 Å². The van der Waals surface area contributed by atoms with Gasteiger partial charge in [0.1, 0.15) is 4.83 Å². The number of rotatable bonds is 6. The van der Waals surface area contributed by atoms with Gasteiger partial charge in [-0.05, 0) is 43.1 Å². The van der Waals surface area contributed by atoms with E-state index in [-0.39, 0.29) is 11.3 Å². The minimum Gasteiger partial charge on any atom is -0.369 e. The van der Waals surface area contributed by atoms with E-state index in [9.17, 15) is 9.59 Å². The monoisotopic (exact) mass is 379 g/mol. The Morgan fingerprint density at radius 3 is 2.92 bits per heavy atom. The van der Waals surface area contributed by atoms with Crippen molar-refractivity contribution in [1.82, 2.24) is 9.55 Å². The molecule has 0 bridgehead atoms. The maximum atomic E-state index is 13.2. The average molecular weight is 380 g/mol. The normalized spacial score (nSPS) is 17.2. The molecule has 2 aromatic heterocycles. The fourth-order valence-electron chi connectivity index (χ4n) is 3.24. The van der Waals surface area contributed by atoms with Gasteiger partial charge in [0, 0.05) is 11.4 Å². The summed E-state index contributed by atoms with van der Waals surface area (Å²) in [4.78, 5) is 31.3. The number of hydrogen-bond acceptors (Lipinski definition) is 5. The van der Waals surface area contributed by atoms with Crippen LogP contribution >= 0.6 is 23.1 Å². The van der Waals surface area contributed by atoms with Crippen LogP contribution in [0.2, 0.25) is 0 Å². The highest BCUT2D eigenvalue weighted by Crippen LogP contribution is 2.36. The van der Waals surface area contributed by atoms with Crippen LogP contribution in [0.5, 0.6) is 0 Å². The van der Waals surface area contributed by atoms with Gasteiger partial charge in [-0.2, -0.15) is 0 Å². The minimum absolute atomic E-state index is 0.0460. The number of thiophene rings is 1. The molecule has 3 rings (SSSR count). The van der Waals surface area contributed by atoms with Crippen molar-refractivity contribution in [3.63, 3.8) is 0 Å². The van der Waals surface area contributed by atoms with E-state index in [1.807, 2.05) is 0 Å². The highest BCUT2D eigenvalue weighted by Gasteiger charge is 2.24. The third kappa shape index (κ3) is 3.92. The predicted molar refractivity (Wildman–Crippen MR) is 104 cm³/mol. The van der Waals surface area contributed by atoms with E-state index in [1.165, 1.54) is 22.2 Å². The van der Waals surface area contributed by atoms with Gasteiger partial charge in [0.05, 0.1) is 11.1 Å². The van der Waals surface area contributed by atoms with Crippen LogP contribution in [-0.4, -0.2) is 21.2 Å². The number of aryl methyl sites for hydroxylation is 1. The number of aromatic nitrogens is 2. The molecule has 0 aromatic carbocycles. The second-order valence-corrected chi connectivity index (χ2v) is 9.35. The maximum Gasteiger partial charge on any atom is 0.263 e. The van der Waals surface area contributed by atoms with Crippen molar-refractivity contribution < 1.29 is 4.79 Å². The van der Waals surface area contributed by atoms with E-state index < -0.39 is 5.91 Å². The first-order chi connectivity index (χ1) is 11.9. The molecule has 0 fully saturated rings. The number of nitrogens with zero attached hydrogens (tertiary/aromatic N) is 2. The van der Waals surface area contributed by atoms with Crippen molar-refractivity contribution in [2.24, 2.45) is 17.6 Å². The molecule has 1 aliphatic rings. The second-order valence-electron chi connectivity index (χ2n) is 7.32. The zero-order valence-electron chi connectivity index (χ0n) is 15.0. The number of primary amides is 1. The third-order valence-corrected chi connectivity index (χ3v) is 6.80. The highest BCUT2D eigenvalue weighted by atomic mass is 32.2. The molecule has 0 aliphatic heterocycles. The Bertz CT molecular complexity index is 854. The van der Waals surface area contributed by atoms with E-state index in [0.29, 0.717) is 23.5 Å². The first-order valence-corrected chi connectivity index (χ1v) is 10.6. The van der Waals surface area contributed by atoms with Crippen LogP contribution in [0.15, 0.2) is 9.95 Å².